The fraction of sp³-hybridized carbons (Fsp3) is 0.312. The third-order valence-electron chi connectivity index (χ3n) is 3.39. The van der Waals surface area contributed by atoms with Crippen molar-refractivity contribution in [1.82, 2.24) is 10.4 Å². The average Bonchev–Trinajstić information content (AvgIpc) is 2.41. The lowest BCUT2D eigenvalue weighted by atomic mass is 9.86. The molecule has 0 saturated heterocycles. The molecule has 1 heterocycles. The van der Waals surface area contributed by atoms with Crippen LogP contribution in [0, 0.1) is 0 Å². The Bertz CT molecular complexity index is 573. The molecule has 3 nitrogen and oxygen atoms in total. The van der Waals surface area contributed by atoms with Gasteiger partial charge in [-0.05, 0) is 28.2 Å². The molecule has 0 amide bonds. The zero-order chi connectivity index (χ0) is 14.8. The van der Waals surface area contributed by atoms with E-state index in [0.717, 1.165) is 11.1 Å². The molecule has 2 rings (SSSR count). The molecule has 20 heavy (non-hydrogen) atoms. The van der Waals surface area contributed by atoms with Crippen LogP contribution in [-0.2, 0) is 5.41 Å². The molecule has 4 heteroatoms. The number of rotatable bonds is 3. The normalized spacial score (nSPS) is 13.2. The van der Waals surface area contributed by atoms with Crippen LogP contribution in [0.1, 0.15) is 43.5 Å². The molecule has 3 N–H and O–H groups in total. The highest BCUT2D eigenvalue weighted by Gasteiger charge is 2.17. The van der Waals surface area contributed by atoms with E-state index in [0.29, 0.717) is 5.02 Å². The first-order valence-electron chi connectivity index (χ1n) is 6.59. The van der Waals surface area contributed by atoms with Crippen LogP contribution in [0.25, 0.3) is 0 Å². The smallest absolute Gasteiger partial charge is 0.0725 e. The Morgan fingerprint density at radius 1 is 1.15 bits per heavy atom. The summed E-state index contributed by atoms with van der Waals surface area (Å²) in [6.45, 7) is 6.58. The van der Waals surface area contributed by atoms with Crippen molar-refractivity contribution in [1.29, 1.82) is 0 Å². The SMILES string of the molecule is CC(C)(C)c1ccc(C(NN)c2ccncc2Cl)cc1. The van der Waals surface area contributed by atoms with Gasteiger partial charge in [-0.2, -0.15) is 0 Å². The summed E-state index contributed by atoms with van der Waals surface area (Å²) in [5.41, 5.74) is 6.25. The van der Waals surface area contributed by atoms with Crippen molar-refractivity contribution in [3.63, 3.8) is 0 Å². The molecule has 1 aromatic carbocycles. The third-order valence-corrected chi connectivity index (χ3v) is 3.71. The van der Waals surface area contributed by atoms with Gasteiger partial charge >= 0.3 is 0 Å². The number of halogens is 1. The van der Waals surface area contributed by atoms with Crippen LogP contribution in [-0.4, -0.2) is 4.98 Å². The number of aromatic nitrogens is 1. The van der Waals surface area contributed by atoms with Crippen molar-refractivity contribution in [2.45, 2.75) is 32.2 Å². The molecule has 0 spiro atoms. The summed E-state index contributed by atoms with van der Waals surface area (Å²) in [7, 11) is 0. The molecule has 0 aliphatic heterocycles. The second-order valence-corrected chi connectivity index (χ2v) is 6.28. The third kappa shape index (κ3) is 3.18. The highest BCUT2D eigenvalue weighted by molar-refractivity contribution is 6.31. The van der Waals surface area contributed by atoms with Crippen molar-refractivity contribution in [2.75, 3.05) is 0 Å². The van der Waals surface area contributed by atoms with Crippen molar-refractivity contribution in [3.05, 3.63) is 64.4 Å². The largest absolute Gasteiger partial charge is 0.271 e. The zero-order valence-electron chi connectivity index (χ0n) is 12.0. The summed E-state index contributed by atoms with van der Waals surface area (Å²) in [4.78, 5) is 4.00. The summed E-state index contributed by atoms with van der Waals surface area (Å²) in [5, 5.41) is 0.607. The molecule has 1 aromatic heterocycles. The molecule has 1 unspecified atom stereocenters. The molecular weight excluding hydrogens is 270 g/mol. The van der Waals surface area contributed by atoms with Crippen LogP contribution < -0.4 is 11.3 Å². The number of nitrogens with one attached hydrogen (secondary N) is 1. The van der Waals surface area contributed by atoms with Crippen molar-refractivity contribution in [3.8, 4) is 0 Å². The quantitative estimate of drug-likeness (QED) is 0.671. The molecule has 0 saturated carbocycles. The van der Waals surface area contributed by atoms with E-state index in [-0.39, 0.29) is 11.5 Å². The highest BCUT2D eigenvalue weighted by atomic mass is 35.5. The molecule has 2 aromatic rings. The van der Waals surface area contributed by atoms with Gasteiger partial charge in [0.25, 0.3) is 0 Å². The summed E-state index contributed by atoms with van der Waals surface area (Å²) < 4.78 is 0. The van der Waals surface area contributed by atoms with Gasteiger partial charge in [0.15, 0.2) is 0 Å². The first kappa shape index (κ1) is 15.0. The number of pyridine rings is 1. The minimum Gasteiger partial charge on any atom is -0.271 e. The zero-order valence-corrected chi connectivity index (χ0v) is 12.8. The predicted molar refractivity (Wildman–Crippen MR) is 83.6 cm³/mol. The number of hydrogen-bond acceptors (Lipinski definition) is 3. The lowest BCUT2D eigenvalue weighted by Crippen LogP contribution is -2.29. The van der Waals surface area contributed by atoms with Gasteiger partial charge in [-0.1, -0.05) is 56.6 Å². The summed E-state index contributed by atoms with van der Waals surface area (Å²) >= 11 is 6.19. The lowest BCUT2D eigenvalue weighted by Gasteiger charge is -2.22. The number of nitrogens with two attached hydrogens (primary N) is 1. The Morgan fingerprint density at radius 2 is 1.80 bits per heavy atom. The van der Waals surface area contributed by atoms with E-state index < -0.39 is 0 Å². The van der Waals surface area contributed by atoms with E-state index in [1.54, 1.807) is 12.4 Å². The molecule has 0 bridgehead atoms. The van der Waals surface area contributed by atoms with E-state index in [4.69, 9.17) is 17.4 Å². The van der Waals surface area contributed by atoms with Crippen LogP contribution in [0.4, 0.5) is 0 Å². The van der Waals surface area contributed by atoms with E-state index in [1.165, 1.54) is 5.56 Å². The highest BCUT2D eigenvalue weighted by Crippen LogP contribution is 2.29. The molecule has 1 atom stereocenters. The van der Waals surface area contributed by atoms with E-state index in [9.17, 15) is 0 Å². The van der Waals surface area contributed by atoms with Crippen LogP contribution >= 0.6 is 11.6 Å². The van der Waals surface area contributed by atoms with Gasteiger partial charge in [-0.3, -0.25) is 10.8 Å². The summed E-state index contributed by atoms with van der Waals surface area (Å²) in [6.07, 6.45) is 3.35. The summed E-state index contributed by atoms with van der Waals surface area (Å²) in [5.74, 6) is 5.70. The predicted octanol–water partition coefficient (Wildman–Crippen LogP) is 3.59. The van der Waals surface area contributed by atoms with E-state index >= 15 is 0 Å². The van der Waals surface area contributed by atoms with Gasteiger partial charge in [0.2, 0.25) is 0 Å². The minimum atomic E-state index is -0.139. The second kappa shape index (κ2) is 5.92. The number of hydrogen-bond donors (Lipinski definition) is 2. The number of benzene rings is 1. The number of nitrogens with zero attached hydrogens (tertiary/aromatic N) is 1. The first-order chi connectivity index (χ1) is 9.43. The maximum Gasteiger partial charge on any atom is 0.0725 e. The Balaban J connectivity index is 2.36. The van der Waals surface area contributed by atoms with E-state index in [1.807, 2.05) is 6.07 Å². The van der Waals surface area contributed by atoms with E-state index in [2.05, 4.69) is 55.4 Å². The van der Waals surface area contributed by atoms with Crippen LogP contribution in [0.2, 0.25) is 5.02 Å². The maximum atomic E-state index is 6.19. The van der Waals surface area contributed by atoms with Gasteiger partial charge in [0.05, 0.1) is 11.1 Å². The van der Waals surface area contributed by atoms with Gasteiger partial charge in [-0.25, -0.2) is 5.43 Å². The van der Waals surface area contributed by atoms with Crippen LogP contribution in [0.15, 0.2) is 42.7 Å². The van der Waals surface area contributed by atoms with Crippen molar-refractivity contribution in [2.24, 2.45) is 5.84 Å². The van der Waals surface area contributed by atoms with Gasteiger partial charge < -0.3 is 0 Å². The standard InChI is InChI=1S/C16H20ClN3/c1-16(2,3)12-6-4-11(5-7-12)15(20-18)13-8-9-19-10-14(13)17/h4-10,15,20H,18H2,1-3H3. The van der Waals surface area contributed by atoms with Gasteiger partial charge in [0.1, 0.15) is 0 Å². The molecule has 0 aliphatic carbocycles. The molecule has 0 radical (unpaired) electrons. The molecule has 0 fully saturated rings. The maximum absolute atomic E-state index is 6.19. The fourth-order valence-corrected chi connectivity index (χ4v) is 2.39. The van der Waals surface area contributed by atoms with Crippen LogP contribution in [0.5, 0.6) is 0 Å². The minimum absolute atomic E-state index is 0.137. The Hall–Kier alpha value is -1.42. The Kier molecular flexibility index (Phi) is 4.43. The lowest BCUT2D eigenvalue weighted by molar-refractivity contribution is 0.588. The second-order valence-electron chi connectivity index (χ2n) is 5.87. The monoisotopic (exact) mass is 289 g/mol. The molecular formula is C16H20ClN3. The molecule has 0 aliphatic rings. The Morgan fingerprint density at radius 3 is 2.30 bits per heavy atom. The van der Waals surface area contributed by atoms with Gasteiger partial charge in [0, 0.05) is 12.4 Å². The number of hydrazine groups is 1. The van der Waals surface area contributed by atoms with Crippen molar-refractivity contribution >= 4 is 11.6 Å². The molecule has 106 valence electrons. The van der Waals surface area contributed by atoms with Crippen molar-refractivity contribution < 1.29 is 0 Å². The van der Waals surface area contributed by atoms with Crippen LogP contribution in [0.3, 0.4) is 0 Å². The Labute approximate surface area is 125 Å². The topological polar surface area (TPSA) is 50.9 Å². The first-order valence-corrected chi connectivity index (χ1v) is 6.97. The average molecular weight is 290 g/mol. The van der Waals surface area contributed by atoms with Gasteiger partial charge in [-0.15, -0.1) is 0 Å². The summed E-state index contributed by atoms with van der Waals surface area (Å²) in [6, 6.07) is 10.2. The fourth-order valence-electron chi connectivity index (χ4n) is 2.16.